The van der Waals surface area contributed by atoms with Crippen LogP contribution < -0.4 is 11.3 Å². The number of pyridine rings is 1. The highest BCUT2D eigenvalue weighted by Gasteiger charge is 2.29. The van der Waals surface area contributed by atoms with Crippen LogP contribution in [-0.4, -0.2) is 9.55 Å². The maximum absolute atomic E-state index is 11.9. The summed E-state index contributed by atoms with van der Waals surface area (Å²) in [6.07, 6.45) is 4.23. The number of hydrogen-bond donors (Lipinski definition) is 1. The van der Waals surface area contributed by atoms with E-state index in [2.05, 4.69) is 4.98 Å². The van der Waals surface area contributed by atoms with Crippen molar-refractivity contribution in [2.24, 2.45) is 0 Å². The lowest BCUT2D eigenvalue weighted by Crippen LogP contribution is -2.15. The maximum Gasteiger partial charge on any atom is 0.255 e. The molecule has 0 radical (unpaired) electrons. The normalized spacial score (nSPS) is 14.2. The van der Waals surface area contributed by atoms with Gasteiger partial charge in [-0.2, -0.15) is 0 Å². The van der Waals surface area contributed by atoms with Crippen LogP contribution >= 0.6 is 11.3 Å². The molecule has 4 rings (SSSR count). The van der Waals surface area contributed by atoms with Gasteiger partial charge in [0.1, 0.15) is 0 Å². The first kappa shape index (κ1) is 13.3. The standard InChI is InChI=1S/C17H15N3OS/c18-17-19-15(16(22-17)12-4-5-12)11-6-8-13(9-7-11)20-10-2-1-3-14(20)21/h1-3,6-10,12H,4-5H2,(H2,18,19). The van der Waals surface area contributed by atoms with Crippen molar-refractivity contribution in [3.63, 3.8) is 0 Å². The molecule has 1 fully saturated rings. The molecule has 0 atom stereocenters. The Bertz CT molecular complexity index is 875. The van der Waals surface area contributed by atoms with Crippen molar-refractivity contribution in [1.29, 1.82) is 0 Å². The molecule has 0 aliphatic heterocycles. The predicted octanol–water partition coefficient (Wildman–Crippen LogP) is 3.42. The molecule has 1 aliphatic carbocycles. The molecule has 2 N–H and O–H groups in total. The molecule has 0 saturated heterocycles. The number of anilines is 1. The van der Waals surface area contributed by atoms with Gasteiger partial charge in [-0.25, -0.2) is 4.98 Å². The average molecular weight is 309 g/mol. The van der Waals surface area contributed by atoms with Crippen LogP contribution in [0.15, 0.2) is 53.5 Å². The number of nitrogens with two attached hydrogens (primary N) is 1. The topological polar surface area (TPSA) is 60.9 Å². The third kappa shape index (κ3) is 2.33. The first-order chi connectivity index (χ1) is 10.7. The Kier molecular flexibility index (Phi) is 3.08. The maximum atomic E-state index is 11.9. The zero-order chi connectivity index (χ0) is 15.1. The van der Waals surface area contributed by atoms with Crippen molar-refractivity contribution in [2.75, 3.05) is 5.73 Å². The summed E-state index contributed by atoms with van der Waals surface area (Å²) < 4.78 is 1.63. The van der Waals surface area contributed by atoms with E-state index in [1.54, 1.807) is 34.2 Å². The Morgan fingerprint density at radius 3 is 2.59 bits per heavy atom. The lowest BCUT2D eigenvalue weighted by Gasteiger charge is -2.06. The first-order valence-corrected chi connectivity index (χ1v) is 8.09. The summed E-state index contributed by atoms with van der Waals surface area (Å²) >= 11 is 1.59. The summed E-state index contributed by atoms with van der Waals surface area (Å²) in [5.41, 5.74) is 8.76. The van der Waals surface area contributed by atoms with Crippen LogP contribution in [0, 0.1) is 0 Å². The van der Waals surface area contributed by atoms with Gasteiger partial charge in [0.05, 0.1) is 5.69 Å². The molecule has 3 aromatic rings. The second kappa shape index (κ2) is 5.10. The number of thiazole rings is 1. The van der Waals surface area contributed by atoms with Crippen LogP contribution in [-0.2, 0) is 0 Å². The fraction of sp³-hybridized carbons (Fsp3) is 0.176. The quantitative estimate of drug-likeness (QED) is 0.806. The summed E-state index contributed by atoms with van der Waals surface area (Å²) in [7, 11) is 0. The highest BCUT2D eigenvalue weighted by molar-refractivity contribution is 7.16. The zero-order valence-corrected chi connectivity index (χ0v) is 12.7. The average Bonchev–Trinajstić information content (AvgIpc) is 3.30. The Labute approximate surface area is 131 Å². The van der Waals surface area contributed by atoms with Crippen molar-refractivity contribution in [3.05, 3.63) is 63.9 Å². The van der Waals surface area contributed by atoms with E-state index >= 15 is 0 Å². The SMILES string of the molecule is Nc1nc(-c2ccc(-n3ccccc3=O)cc2)c(C2CC2)s1. The van der Waals surface area contributed by atoms with Crippen molar-refractivity contribution >= 4 is 16.5 Å². The van der Waals surface area contributed by atoms with E-state index in [9.17, 15) is 4.79 Å². The van der Waals surface area contributed by atoms with Crippen LogP contribution in [0.3, 0.4) is 0 Å². The van der Waals surface area contributed by atoms with Crippen LogP contribution in [0.5, 0.6) is 0 Å². The monoisotopic (exact) mass is 309 g/mol. The fourth-order valence-corrected chi connectivity index (χ4v) is 3.62. The lowest BCUT2D eigenvalue weighted by molar-refractivity contribution is 0.990. The van der Waals surface area contributed by atoms with E-state index < -0.39 is 0 Å². The van der Waals surface area contributed by atoms with E-state index in [1.807, 2.05) is 30.3 Å². The van der Waals surface area contributed by atoms with Gasteiger partial charge in [-0.15, -0.1) is 11.3 Å². The van der Waals surface area contributed by atoms with Crippen molar-refractivity contribution in [3.8, 4) is 16.9 Å². The molecule has 1 aromatic carbocycles. The molecule has 1 saturated carbocycles. The van der Waals surface area contributed by atoms with Crippen molar-refractivity contribution in [1.82, 2.24) is 9.55 Å². The van der Waals surface area contributed by atoms with Crippen LogP contribution in [0.4, 0.5) is 5.13 Å². The lowest BCUT2D eigenvalue weighted by atomic mass is 10.1. The molecular weight excluding hydrogens is 294 g/mol. The van der Waals surface area contributed by atoms with Gasteiger partial charge in [0.2, 0.25) is 0 Å². The molecule has 0 bridgehead atoms. The molecule has 110 valence electrons. The summed E-state index contributed by atoms with van der Waals surface area (Å²) in [5.74, 6) is 0.626. The van der Waals surface area contributed by atoms with Crippen molar-refractivity contribution < 1.29 is 0 Å². The second-order valence-corrected chi connectivity index (χ2v) is 6.56. The number of aromatic nitrogens is 2. The van der Waals surface area contributed by atoms with Gasteiger partial charge in [-0.05, 0) is 37.0 Å². The summed E-state index contributed by atoms with van der Waals surface area (Å²) in [6, 6.07) is 13.1. The molecule has 4 nitrogen and oxygen atoms in total. The molecule has 2 heterocycles. The molecule has 1 aliphatic rings. The number of rotatable bonds is 3. The Morgan fingerprint density at radius 2 is 1.91 bits per heavy atom. The largest absolute Gasteiger partial charge is 0.375 e. The number of hydrogen-bond acceptors (Lipinski definition) is 4. The highest BCUT2D eigenvalue weighted by Crippen LogP contribution is 2.47. The summed E-state index contributed by atoms with van der Waals surface area (Å²) in [4.78, 5) is 17.6. The predicted molar refractivity (Wildman–Crippen MR) is 89.5 cm³/mol. The van der Waals surface area contributed by atoms with Crippen LogP contribution in [0.1, 0.15) is 23.6 Å². The third-order valence-electron chi connectivity index (χ3n) is 3.86. The van der Waals surface area contributed by atoms with Gasteiger partial charge in [0.25, 0.3) is 5.56 Å². The Hall–Kier alpha value is -2.40. The van der Waals surface area contributed by atoms with E-state index in [4.69, 9.17) is 5.73 Å². The Morgan fingerprint density at radius 1 is 1.14 bits per heavy atom. The zero-order valence-electron chi connectivity index (χ0n) is 11.9. The minimum absolute atomic E-state index is 0.0353. The van der Waals surface area contributed by atoms with Gasteiger partial charge in [-0.1, -0.05) is 18.2 Å². The summed E-state index contributed by atoms with van der Waals surface area (Å²) in [5, 5.41) is 0.625. The molecule has 22 heavy (non-hydrogen) atoms. The second-order valence-electron chi connectivity index (χ2n) is 5.49. The highest BCUT2D eigenvalue weighted by atomic mass is 32.1. The van der Waals surface area contributed by atoms with Gasteiger partial charge < -0.3 is 5.73 Å². The van der Waals surface area contributed by atoms with Gasteiger partial charge >= 0.3 is 0 Å². The van der Waals surface area contributed by atoms with Crippen molar-refractivity contribution in [2.45, 2.75) is 18.8 Å². The number of nitrogen functional groups attached to an aromatic ring is 1. The fourth-order valence-electron chi connectivity index (χ4n) is 2.60. The van der Waals surface area contributed by atoms with Gasteiger partial charge in [0, 0.05) is 28.4 Å². The molecule has 5 heteroatoms. The van der Waals surface area contributed by atoms with Crippen LogP contribution in [0.25, 0.3) is 16.9 Å². The van der Waals surface area contributed by atoms with E-state index in [-0.39, 0.29) is 5.56 Å². The van der Waals surface area contributed by atoms with Gasteiger partial charge in [0.15, 0.2) is 5.13 Å². The van der Waals surface area contributed by atoms with E-state index in [0.29, 0.717) is 11.0 Å². The molecule has 0 unspecified atom stereocenters. The third-order valence-corrected chi connectivity index (χ3v) is 4.91. The summed E-state index contributed by atoms with van der Waals surface area (Å²) in [6.45, 7) is 0. The minimum Gasteiger partial charge on any atom is -0.375 e. The molecule has 0 amide bonds. The van der Waals surface area contributed by atoms with Gasteiger partial charge in [-0.3, -0.25) is 9.36 Å². The molecule has 0 spiro atoms. The number of benzene rings is 1. The molecular formula is C17H15N3OS. The van der Waals surface area contributed by atoms with E-state index in [1.165, 1.54) is 17.7 Å². The van der Waals surface area contributed by atoms with E-state index in [0.717, 1.165) is 16.9 Å². The Balaban J connectivity index is 1.74. The smallest absolute Gasteiger partial charge is 0.255 e. The van der Waals surface area contributed by atoms with Crippen LogP contribution in [0.2, 0.25) is 0 Å². The minimum atomic E-state index is -0.0353. The molecule has 2 aromatic heterocycles. The first-order valence-electron chi connectivity index (χ1n) is 7.27. The number of nitrogens with zero attached hydrogens (tertiary/aromatic N) is 2.